The fraction of sp³-hybridized carbons (Fsp3) is 0.714. The molecule has 3 fully saturated rings. The number of allylic oxidation sites excluding steroid dienone is 1. The summed E-state index contributed by atoms with van der Waals surface area (Å²) in [6.45, 7) is 10.2. The third-order valence-corrected chi connectivity index (χ3v) is 4.23. The summed E-state index contributed by atoms with van der Waals surface area (Å²) in [6, 6.07) is 0. The van der Waals surface area contributed by atoms with Gasteiger partial charge in [0, 0.05) is 0 Å². The predicted molar refractivity (Wildman–Crippen MR) is 64.3 cm³/mol. The first-order valence-corrected chi connectivity index (χ1v) is 6.34. The Morgan fingerprint density at radius 3 is 2.76 bits per heavy atom. The lowest BCUT2D eigenvalue weighted by Gasteiger charge is -2.34. The van der Waals surface area contributed by atoms with Crippen molar-refractivity contribution in [1.82, 2.24) is 0 Å². The summed E-state index contributed by atoms with van der Waals surface area (Å²) in [5.74, 6) is 0.541. The quantitative estimate of drug-likeness (QED) is 0.545. The van der Waals surface area contributed by atoms with Crippen molar-refractivity contribution in [2.45, 2.75) is 57.9 Å². The Labute approximate surface area is 102 Å². The molecule has 3 atom stereocenters. The molecular formula is C14H20O3. The highest BCUT2D eigenvalue weighted by Gasteiger charge is 2.58. The molecule has 0 radical (unpaired) electrons. The molecule has 0 amide bonds. The van der Waals surface area contributed by atoms with Crippen LogP contribution in [0.4, 0.5) is 0 Å². The van der Waals surface area contributed by atoms with Crippen molar-refractivity contribution in [3.8, 4) is 0 Å². The zero-order valence-corrected chi connectivity index (χ0v) is 10.7. The SMILES string of the molecule is C=C(C)[C@@H]1C/C(=C\C2OC(C)O2)[C@@]2(C)O[C@H]2C1. The first-order valence-electron chi connectivity index (χ1n) is 6.34. The summed E-state index contributed by atoms with van der Waals surface area (Å²) < 4.78 is 16.8. The zero-order valence-electron chi connectivity index (χ0n) is 10.7. The first-order chi connectivity index (χ1) is 7.99. The van der Waals surface area contributed by atoms with Crippen LogP contribution in [0.1, 0.15) is 33.6 Å². The van der Waals surface area contributed by atoms with Crippen LogP contribution in [0.3, 0.4) is 0 Å². The van der Waals surface area contributed by atoms with E-state index in [1.165, 1.54) is 11.1 Å². The van der Waals surface area contributed by atoms with Crippen molar-refractivity contribution in [2.75, 3.05) is 0 Å². The van der Waals surface area contributed by atoms with E-state index in [1.54, 1.807) is 0 Å². The molecule has 3 nitrogen and oxygen atoms in total. The van der Waals surface area contributed by atoms with Crippen LogP contribution in [0, 0.1) is 5.92 Å². The minimum atomic E-state index is -0.175. The Bertz CT molecular complexity index is 381. The highest BCUT2D eigenvalue weighted by molar-refractivity contribution is 5.32. The highest BCUT2D eigenvalue weighted by Crippen LogP contribution is 2.54. The molecule has 2 saturated heterocycles. The van der Waals surface area contributed by atoms with E-state index in [1.807, 2.05) is 6.92 Å². The van der Waals surface area contributed by atoms with Crippen molar-refractivity contribution in [1.29, 1.82) is 0 Å². The van der Waals surface area contributed by atoms with Gasteiger partial charge in [-0.2, -0.15) is 0 Å². The minimum absolute atomic E-state index is 0.0580. The Morgan fingerprint density at radius 2 is 2.18 bits per heavy atom. The molecule has 0 bridgehead atoms. The molecule has 17 heavy (non-hydrogen) atoms. The van der Waals surface area contributed by atoms with E-state index in [0.717, 1.165) is 12.8 Å². The molecule has 0 spiro atoms. The molecule has 3 aliphatic rings. The average molecular weight is 236 g/mol. The Balaban J connectivity index is 1.75. The van der Waals surface area contributed by atoms with Gasteiger partial charge in [-0.05, 0) is 51.2 Å². The highest BCUT2D eigenvalue weighted by atomic mass is 16.9. The molecular weight excluding hydrogens is 216 g/mol. The third-order valence-electron chi connectivity index (χ3n) is 4.23. The Hall–Kier alpha value is -0.640. The molecule has 2 heterocycles. The van der Waals surface area contributed by atoms with Crippen LogP contribution >= 0.6 is 0 Å². The van der Waals surface area contributed by atoms with Crippen LogP contribution in [-0.4, -0.2) is 24.3 Å². The van der Waals surface area contributed by atoms with Gasteiger partial charge in [-0.1, -0.05) is 12.2 Å². The van der Waals surface area contributed by atoms with E-state index in [4.69, 9.17) is 14.2 Å². The second-order valence-electron chi connectivity index (χ2n) is 5.60. The molecule has 0 N–H and O–H groups in total. The number of rotatable bonds is 2. The Morgan fingerprint density at radius 1 is 1.47 bits per heavy atom. The molecule has 2 aliphatic heterocycles. The van der Waals surface area contributed by atoms with Gasteiger partial charge in [0.05, 0.1) is 6.10 Å². The third kappa shape index (κ3) is 1.86. The standard InChI is InChI=1S/C14H20O3/c1-8(2)10-5-11(7-13-15-9(3)16-13)14(4)12(6-10)17-14/h7,9-10,12-13H,1,5-6H2,2-4H3/b11-7+/t9?,10-,12+,13?,14-/m1/s1. The van der Waals surface area contributed by atoms with Crippen molar-refractivity contribution in [3.63, 3.8) is 0 Å². The van der Waals surface area contributed by atoms with E-state index in [9.17, 15) is 0 Å². The summed E-state index contributed by atoms with van der Waals surface area (Å²) in [4.78, 5) is 0. The Kier molecular flexibility index (Phi) is 2.47. The van der Waals surface area contributed by atoms with Crippen LogP contribution in [0.25, 0.3) is 0 Å². The lowest BCUT2D eigenvalue weighted by Crippen LogP contribution is -2.38. The van der Waals surface area contributed by atoms with Gasteiger partial charge in [-0.3, -0.25) is 0 Å². The fourth-order valence-corrected chi connectivity index (χ4v) is 2.87. The second-order valence-corrected chi connectivity index (χ2v) is 5.60. The monoisotopic (exact) mass is 236 g/mol. The van der Waals surface area contributed by atoms with E-state index >= 15 is 0 Å². The van der Waals surface area contributed by atoms with Crippen molar-refractivity contribution >= 4 is 0 Å². The summed E-state index contributed by atoms with van der Waals surface area (Å²) >= 11 is 0. The van der Waals surface area contributed by atoms with Gasteiger partial charge in [-0.15, -0.1) is 0 Å². The second kappa shape index (κ2) is 3.67. The van der Waals surface area contributed by atoms with Gasteiger partial charge in [-0.25, -0.2) is 0 Å². The topological polar surface area (TPSA) is 31.0 Å². The molecule has 0 unspecified atom stereocenters. The predicted octanol–water partition coefficient (Wildman–Crippen LogP) is 2.78. The number of fused-ring (bicyclic) bond motifs is 1. The summed E-state index contributed by atoms with van der Waals surface area (Å²) in [6.07, 6.45) is 4.34. The number of ether oxygens (including phenoxy) is 3. The van der Waals surface area contributed by atoms with Crippen LogP contribution < -0.4 is 0 Å². The number of hydrogen-bond donors (Lipinski definition) is 0. The lowest BCUT2D eigenvalue weighted by molar-refractivity contribution is -0.354. The van der Waals surface area contributed by atoms with Crippen molar-refractivity contribution < 1.29 is 14.2 Å². The van der Waals surface area contributed by atoms with Gasteiger partial charge in [0.2, 0.25) is 0 Å². The van der Waals surface area contributed by atoms with Gasteiger partial charge >= 0.3 is 0 Å². The zero-order chi connectivity index (χ0) is 12.2. The normalized spacial score (nSPS) is 50.6. The summed E-state index contributed by atoms with van der Waals surface area (Å²) in [7, 11) is 0. The van der Waals surface area contributed by atoms with E-state index in [-0.39, 0.29) is 18.2 Å². The number of hydrogen-bond acceptors (Lipinski definition) is 3. The van der Waals surface area contributed by atoms with Crippen molar-refractivity contribution in [2.24, 2.45) is 5.92 Å². The number of epoxide rings is 1. The van der Waals surface area contributed by atoms with Gasteiger partial charge < -0.3 is 14.2 Å². The fourth-order valence-electron chi connectivity index (χ4n) is 2.87. The molecule has 3 rings (SSSR count). The molecule has 1 saturated carbocycles. The van der Waals surface area contributed by atoms with E-state index in [0.29, 0.717) is 12.0 Å². The first kappa shape index (κ1) is 11.5. The molecule has 3 heteroatoms. The van der Waals surface area contributed by atoms with Gasteiger partial charge in [0.1, 0.15) is 5.60 Å². The molecule has 1 aliphatic carbocycles. The maximum Gasteiger partial charge on any atom is 0.183 e. The summed E-state index contributed by atoms with van der Waals surface area (Å²) in [5, 5.41) is 0. The minimum Gasteiger partial charge on any atom is -0.362 e. The molecule has 0 aromatic carbocycles. The van der Waals surface area contributed by atoms with Crippen LogP contribution in [0.5, 0.6) is 0 Å². The maximum atomic E-state index is 5.83. The largest absolute Gasteiger partial charge is 0.362 e. The van der Waals surface area contributed by atoms with Crippen LogP contribution in [0.15, 0.2) is 23.8 Å². The van der Waals surface area contributed by atoms with Gasteiger partial charge in [0.25, 0.3) is 0 Å². The maximum absolute atomic E-state index is 5.83. The van der Waals surface area contributed by atoms with E-state index < -0.39 is 0 Å². The van der Waals surface area contributed by atoms with E-state index in [2.05, 4.69) is 26.5 Å². The van der Waals surface area contributed by atoms with Gasteiger partial charge in [0.15, 0.2) is 12.6 Å². The average Bonchev–Trinajstić information content (AvgIpc) is 2.87. The van der Waals surface area contributed by atoms with Crippen LogP contribution in [0.2, 0.25) is 0 Å². The lowest BCUT2D eigenvalue weighted by atomic mass is 9.76. The smallest absolute Gasteiger partial charge is 0.183 e. The summed E-state index contributed by atoms with van der Waals surface area (Å²) in [5.41, 5.74) is 2.51. The molecule has 0 aromatic heterocycles. The van der Waals surface area contributed by atoms with Crippen LogP contribution in [-0.2, 0) is 14.2 Å². The molecule has 94 valence electrons. The van der Waals surface area contributed by atoms with Crippen molar-refractivity contribution in [3.05, 3.63) is 23.8 Å². The molecule has 0 aromatic rings.